The molecular formula is C27H24Cl3N3O. The minimum atomic E-state index is -0.125. The highest BCUT2D eigenvalue weighted by molar-refractivity contribution is 6.33. The van der Waals surface area contributed by atoms with E-state index in [4.69, 9.17) is 34.8 Å². The SMILES string of the molecule is O=C(c1cc(Cl)nc(Cl)c1)N1CC2(CCN(C/C=C/c3ccccc3)CC2)c2cc(Cl)ccc21. The van der Waals surface area contributed by atoms with Gasteiger partial charge in [-0.2, -0.15) is 0 Å². The van der Waals surface area contributed by atoms with Crippen molar-refractivity contribution in [3.8, 4) is 0 Å². The van der Waals surface area contributed by atoms with Crippen LogP contribution in [0.3, 0.4) is 0 Å². The number of piperidine rings is 1. The van der Waals surface area contributed by atoms with Crippen molar-refractivity contribution in [3.63, 3.8) is 0 Å². The molecule has 3 heterocycles. The third-order valence-electron chi connectivity index (χ3n) is 6.82. The fourth-order valence-corrected chi connectivity index (χ4v) is 5.69. The lowest BCUT2D eigenvalue weighted by Crippen LogP contribution is -2.46. The van der Waals surface area contributed by atoms with Crippen LogP contribution >= 0.6 is 34.8 Å². The summed E-state index contributed by atoms with van der Waals surface area (Å²) in [6.45, 7) is 3.44. The van der Waals surface area contributed by atoms with Crippen LogP contribution in [-0.4, -0.2) is 42.0 Å². The molecule has 2 aromatic carbocycles. The minimum Gasteiger partial charge on any atom is -0.307 e. The molecule has 0 N–H and O–H groups in total. The van der Waals surface area contributed by atoms with Crippen molar-refractivity contribution in [1.82, 2.24) is 9.88 Å². The third-order valence-corrected chi connectivity index (χ3v) is 7.45. The lowest BCUT2D eigenvalue weighted by atomic mass is 9.74. The quantitative estimate of drug-likeness (QED) is 0.363. The van der Waals surface area contributed by atoms with Gasteiger partial charge < -0.3 is 4.90 Å². The zero-order chi connectivity index (χ0) is 23.7. The smallest absolute Gasteiger partial charge is 0.258 e. The van der Waals surface area contributed by atoms with Crippen LogP contribution in [0.25, 0.3) is 6.08 Å². The Morgan fingerprint density at radius 3 is 2.38 bits per heavy atom. The Labute approximate surface area is 214 Å². The monoisotopic (exact) mass is 511 g/mol. The van der Waals surface area contributed by atoms with Crippen LogP contribution in [0.2, 0.25) is 15.3 Å². The van der Waals surface area contributed by atoms with Crippen molar-refractivity contribution in [3.05, 3.63) is 98.8 Å². The minimum absolute atomic E-state index is 0.115. The molecule has 2 aliphatic rings. The molecule has 5 rings (SSSR count). The van der Waals surface area contributed by atoms with Gasteiger partial charge in [-0.3, -0.25) is 9.69 Å². The van der Waals surface area contributed by atoms with Gasteiger partial charge in [-0.05, 0) is 67.4 Å². The summed E-state index contributed by atoms with van der Waals surface area (Å²) in [7, 11) is 0. The molecule has 1 saturated heterocycles. The molecule has 4 nitrogen and oxygen atoms in total. The number of amides is 1. The zero-order valence-corrected chi connectivity index (χ0v) is 20.8. The van der Waals surface area contributed by atoms with E-state index in [1.807, 2.05) is 41.3 Å². The topological polar surface area (TPSA) is 36.4 Å². The highest BCUT2D eigenvalue weighted by Gasteiger charge is 2.46. The maximum atomic E-state index is 13.5. The molecule has 0 bridgehead atoms. The van der Waals surface area contributed by atoms with E-state index in [9.17, 15) is 4.79 Å². The number of hydrogen-bond donors (Lipinski definition) is 0. The third kappa shape index (κ3) is 4.73. The molecular weight excluding hydrogens is 489 g/mol. The van der Waals surface area contributed by atoms with Gasteiger partial charge in [0.15, 0.2) is 0 Å². The second-order valence-corrected chi connectivity index (χ2v) is 10.2. The highest BCUT2D eigenvalue weighted by atomic mass is 35.5. The number of carbonyl (C=O) groups is 1. The fraction of sp³-hybridized carbons (Fsp3) is 0.259. The maximum absolute atomic E-state index is 13.5. The van der Waals surface area contributed by atoms with Crippen molar-refractivity contribution in [2.24, 2.45) is 0 Å². The first-order valence-electron chi connectivity index (χ1n) is 11.3. The van der Waals surface area contributed by atoms with Crippen LogP contribution in [0.4, 0.5) is 5.69 Å². The largest absolute Gasteiger partial charge is 0.307 e. The summed E-state index contributed by atoms with van der Waals surface area (Å²) in [5.41, 5.74) is 3.60. The zero-order valence-electron chi connectivity index (χ0n) is 18.6. The number of anilines is 1. The molecule has 0 radical (unpaired) electrons. The van der Waals surface area contributed by atoms with E-state index in [1.54, 1.807) is 12.1 Å². The van der Waals surface area contributed by atoms with Crippen LogP contribution in [0.15, 0.2) is 66.7 Å². The van der Waals surface area contributed by atoms with E-state index in [0.29, 0.717) is 17.1 Å². The molecule has 34 heavy (non-hydrogen) atoms. The number of carbonyl (C=O) groups excluding carboxylic acids is 1. The van der Waals surface area contributed by atoms with Gasteiger partial charge in [-0.15, -0.1) is 0 Å². The van der Waals surface area contributed by atoms with Crippen LogP contribution in [0.5, 0.6) is 0 Å². The fourth-order valence-electron chi connectivity index (χ4n) is 5.06. The number of rotatable bonds is 4. The van der Waals surface area contributed by atoms with E-state index in [2.05, 4.69) is 34.2 Å². The van der Waals surface area contributed by atoms with Crippen molar-refractivity contribution in [1.29, 1.82) is 0 Å². The van der Waals surface area contributed by atoms with E-state index in [-0.39, 0.29) is 21.6 Å². The Kier molecular flexibility index (Phi) is 6.67. The Morgan fingerprint density at radius 2 is 1.68 bits per heavy atom. The predicted octanol–water partition coefficient (Wildman–Crippen LogP) is 6.75. The van der Waals surface area contributed by atoms with Crippen molar-refractivity contribution >= 4 is 52.5 Å². The van der Waals surface area contributed by atoms with Gasteiger partial charge in [-0.25, -0.2) is 4.98 Å². The summed E-state index contributed by atoms with van der Waals surface area (Å²) in [6.07, 6.45) is 6.31. The van der Waals surface area contributed by atoms with E-state index < -0.39 is 0 Å². The first-order chi connectivity index (χ1) is 16.4. The normalized spacial score (nSPS) is 17.4. The molecule has 174 valence electrons. The number of nitrogens with zero attached hydrogens (tertiary/aromatic N) is 3. The summed E-state index contributed by atoms with van der Waals surface area (Å²) in [4.78, 5) is 21.8. The van der Waals surface area contributed by atoms with E-state index in [0.717, 1.165) is 43.7 Å². The first-order valence-corrected chi connectivity index (χ1v) is 12.5. The molecule has 1 spiro atoms. The molecule has 1 fully saturated rings. The van der Waals surface area contributed by atoms with Gasteiger partial charge >= 0.3 is 0 Å². The van der Waals surface area contributed by atoms with Gasteiger partial charge in [0.25, 0.3) is 5.91 Å². The van der Waals surface area contributed by atoms with E-state index >= 15 is 0 Å². The van der Waals surface area contributed by atoms with Crippen LogP contribution < -0.4 is 4.90 Å². The van der Waals surface area contributed by atoms with Gasteiger partial charge in [-0.1, -0.05) is 77.3 Å². The Balaban J connectivity index is 1.34. The molecule has 3 aromatic rings. The van der Waals surface area contributed by atoms with Gasteiger partial charge in [0.2, 0.25) is 0 Å². The van der Waals surface area contributed by atoms with Crippen LogP contribution in [0.1, 0.15) is 34.3 Å². The molecule has 1 aromatic heterocycles. The van der Waals surface area contributed by atoms with Crippen LogP contribution in [0, 0.1) is 0 Å². The van der Waals surface area contributed by atoms with Gasteiger partial charge in [0.1, 0.15) is 10.3 Å². The van der Waals surface area contributed by atoms with Crippen LogP contribution in [-0.2, 0) is 5.41 Å². The molecule has 1 amide bonds. The molecule has 2 aliphatic heterocycles. The summed E-state index contributed by atoms with van der Waals surface area (Å²) in [5, 5.41) is 1.10. The Bertz CT molecular complexity index is 1220. The summed E-state index contributed by atoms with van der Waals surface area (Å²) >= 11 is 18.5. The highest BCUT2D eigenvalue weighted by Crippen LogP contribution is 2.48. The summed E-state index contributed by atoms with van der Waals surface area (Å²) in [5.74, 6) is -0.125. The number of aromatic nitrogens is 1. The average molecular weight is 513 g/mol. The van der Waals surface area contributed by atoms with Crippen molar-refractivity contribution in [2.75, 3.05) is 31.1 Å². The molecule has 0 atom stereocenters. The maximum Gasteiger partial charge on any atom is 0.258 e. The number of likely N-dealkylation sites (tertiary alicyclic amines) is 1. The average Bonchev–Trinajstić information content (AvgIpc) is 3.13. The number of pyridine rings is 1. The number of hydrogen-bond acceptors (Lipinski definition) is 3. The van der Waals surface area contributed by atoms with Crippen molar-refractivity contribution in [2.45, 2.75) is 18.3 Å². The lowest BCUT2D eigenvalue weighted by Gasteiger charge is -2.39. The number of fused-ring (bicyclic) bond motifs is 2. The Morgan fingerprint density at radius 1 is 0.971 bits per heavy atom. The predicted molar refractivity (Wildman–Crippen MR) is 140 cm³/mol. The summed E-state index contributed by atoms with van der Waals surface area (Å²) < 4.78 is 0. The second kappa shape index (κ2) is 9.71. The molecule has 0 aliphatic carbocycles. The molecule has 0 saturated carbocycles. The molecule has 0 unspecified atom stereocenters. The molecule has 7 heteroatoms. The van der Waals surface area contributed by atoms with Crippen molar-refractivity contribution < 1.29 is 4.79 Å². The Hall–Kier alpha value is -2.37. The van der Waals surface area contributed by atoms with E-state index in [1.165, 1.54) is 5.56 Å². The first kappa shape index (κ1) is 23.4. The lowest BCUT2D eigenvalue weighted by molar-refractivity contribution is 0.0977. The standard InChI is InChI=1S/C27H24Cl3N3O/c28-21-8-9-23-22(17-21)27(18-33(23)26(34)20-15-24(29)31-25(30)16-20)10-13-32(14-11-27)12-4-7-19-5-2-1-3-6-19/h1-9,15-17H,10-14,18H2/b7-4+. The second-order valence-electron chi connectivity index (χ2n) is 8.95. The van der Waals surface area contributed by atoms with Gasteiger partial charge in [0, 0.05) is 34.8 Å². The van der Waals surface area contributed by atoms with Gasteiger partial charge in [0.05, 0.1) is 0 Å². The summed E-state index contributed by atoms with van der Waals surface area (Å²) in [6, 6.07) is 19.3. The number of benzene rings is 2. The number of halogens is 3.